The Morgan fingerprint density at radius 3 is 2.57 bits per heavy atom. The number of nitrogens with two attached hydrogens (primary N) is 1. The van der Waals surface area contributed by atoms with Crippen LogP contribution >= 0.6 is 0 Å². The second-order valence-electron chi connectivity index (χ2n) is 12.7. The number of H-pyrrole nitrogens is 1. The molecule has 3 aliphatic rings. The molecular weight excluding hydrogens is 544 g/mol. The molecule has 13 nitrogen and oxygen atoms in total. The molecule has 6 N–H and O–H groups in total. The summed E-state index contributed by atoms with van der Waals surface area (Å²) in [6, 6.07) is 2.02. The van der Waals surface area contributed by atoms with Gasteiger partial charge in [0.05, 0.1) is 11.4 Å². The number of likely N-dealkylation sites (tertiary alicyclic amines) is 1. The molecule has 232 valence electrons. The molecule has 1 aromatic rings. The Morgan fingerprint density at radius 2 is 1.98 bits per heavy atom. The molecule has 42 heavy (non-hydrogen) atoms. The number of esters is 2. The first-order valence-electron chi connectivity index (χ1n) is 14.6. The fraction of sp³-hybridized carbons (Fsp3) is 0.690. The normalized spacial score (nSPS) is 27.3. The Bertz CT molecular complexity index is 1180. The third-order valence-corrected chi connectivity index (χ3v) is 8.45. The smallest absolute Gasteiger partial charge is 0.323 e. The number of hydrogen-bond donors (Lipinski definition) is 5. The van der Waals surface area contributed by atoms with Crippen LogP contribution in [0.15, 0.2) is 17.1 Å². The molecule has 1 aliphatic carbocycles. The predicted octanol–water partition coefficient (Wildman–Crippen LogP) is 2.17. The number of nitrogens with one attached hydrogen (secondary N) is 3. The molecule has 4 rings (SSSR count). The number of urea groups is 1. The summed E-state index contributed by atoms with van der Waals surface area (Å²) >= 11 is 0. The van der Waals surface area contributed by atoms with E-state index in [0.717, 1.165) is 38.4 Å². The third-order valence-electron chi connectivity index (χ3n) is 8.45. The first-order chi connectivity index (χ1) is 19.8. The van der Waals surface area contributed by atoms with Gasteiger partial charge in [-0.25, -0.2) is 9.79 Å². The van der Waals surface area contributed by atoms with E-state index in [1.807, 2.05) is 0 Å². The van der Waals surface area contributed by atoms with Gasteiger partial charge in [0.15, 0.2) is 11.9 Å². The van der Waals surface area contributed by atoms with Crippen LogP contribution in [-0.4, -0.2) is 89.2 Å². The summed E-state index contributed by atoms with van der Waals surface area (Å²) in [5.74, 6) is -0.630. The number of ether oxygens (including phenoxy) is 3. The van der Waals surface area contributed by atoms with E-state index in [-0.39, 0.29) is 24.4 Å². The molecule has 0 aromatic carbocycles. The van der Waals surface area contributed by atoms with E-state index in [9.17, 15) is 19.5 Å². The SMILES string of the molecule is CC(C)(C)[C@H](N)C(=O)O[C@H]1[C@@H](O)[C@](C)(c2ccc(C(=NC=N)NC(=O)N3CCCC3)[nH]2)O[C@@H]1COC(=O)CC1CCC1. The lowest BCUT2D eigenvalue weighted by molar-refractivity contribution is -0.164. The molecule has 0 bridgehead atoms. The molecule has 2 amide bonds. The Kier molecular flexibility index (Phi) is 9.74. The molecule has 1 aromatic heterocycles. The standard InChI is InChI=1S/C29H44N6O7/c1-28(2,3)23(31)26(38)41-22-19(15-40-21(36)14-17-8-7-9-17)42-29(4,24(22)37)20-11-10-18(33-20)25(32-16-30)34-27(39)35-12-5-6-13-35/h10-11,16-17,19,22-24,33,37H,5-9,12-15,31H2,1-4H3,(H2,30,32,34,39)/t19-,22-,23-,24-,29+/m1/s1. The zero-order chi connectivity index (χ0) is 30.7. The Hall–Kier alpha value is -3.29. The number of carbonyl (C=O) groups is 3. The number of aromatic nitrogens is 1. The highest BCUT2D eigenvalue weighted by Gasteiger charge is 2.56. The molecule has 3 heterocycles. The maximum Gasteiger partial charge on any atom is 0.323 e. The molecule has 13 heteroatoms. The number of nitrogens with zero attached hydrogens (tertiary/aromatic N) is 2. The minimum atomic E-state index is -1.42. The summed E-state index contributed by atoms with van der Waals surface area (Å²) in [6.45, 7) is 8.11. The van der Waals surface area contributed by atoms with Crippen molar-refractivity contribution in [3.8, 4) is 0 Å². The Morgan fingerprint density at radius 1 is 1.29 bits per heavy atom. The first kappa shape index (κ1) is 31.6. The van der Waals surface area contributed by atoms with Crippen LogP contribution in [0, 0.1) is 16.7 Å². The lowest BCUT2D eigenvalue weighted by Crippen LogP contribution is -2.48. The molecule has 0 radical (unpaired) electrons. The zero-order valence-corrected chi connectivity index (χ0v) is 24.9. The quantitative estimate of drug-likeness (QED) is 0.165. The van der Waals surface area contributed by atoms with Gasteiger partial charge in [-0.1, -0.05) is 27.2 Å². The molecule has 0 unspecified atom stereocenters. The molecule has 5 atom stereocenters. The summed E-state index contributed by atoms with van der Waals surface area (Å²) in [5.41, 5.74) is 4.91. The molecule has 1 saturated carbocycles. The highest BCUT2D eigenvalue weighted by molar-refractivity contribution is 6.08. The van der Waals surface area contributed by atoms with Crippen LogP contribution in [0.1, 0.15) is 77.6 Å². The van der Waals surface area contributed by atoms with E-state index in [0.29, 0.717) is 36.8 Å². The number of amides is 2. The van der Waals surface area contributed by atoms with Gasteiger partial charge in [-0.2, -0.15) is 0 Å². The number of amidine groups is 1. The van der Waals surface area contributed by atoms with E-state index in [1.54, 1.807) is 44.7 Å². The van der Waals surface area contributed by atoms with E-state index < -0.39 is 41.3 Å². The van der Waals surface area contributed by atoms with Crippen molar-refractivity contribution < 1.29 is 33.7 Å². The summed E-state index contributed by atoms with van der Waals surface area (Å²) in [4.78, 5) is 46.9. The van der Waals surface area contributed by atoms with Crippen molar-refractivity contribution in [2.75, 3.05) is 19.7 Å². The highest BCUT2D eigenvalue weighted by atomic mass is 16.6. The van der Waals surface area contributed by atoms with Gasteiger partial charge in [-0.05, 0) is 56.1 Å². The second-order valence-corrected chi connectivity index (χ2v) is 12.7. The molecule has 2 aliphatic heterocycles. The van der Waals surface area contributed by atoms with Crippen molar-refractivity contribution in [3.05, 3.63) is 23.5 Å². The van der Waals surface area contributed by atoms with Crippen molar-refractivity contribution in [1.29, 1.82) is 5.41 Å². The number of aliphatic hydroxyl groups is 1. The van der Waals surface area contributed by atoms with Crippen LogP contribution in [0.3, 0.4) is 0 Å². The highest BCUT2D eigenvalue weighted by Crippen LogP contribution is 2.41. The van der Waals surface area contributed by atoms with E-state index in [4.69, 9.17) is 25.4 Å². The topological polar surface area (TPSA) is 192 Å². The largest absolute Gasteiger partial charge is 0.463 e. The van der Waals surface area contributed by atoms with Crippen molar-refractivity contribution in [2.45, 2.75) is 96.2 Å². The number of aliphatic imine (C=N–C) groups is 1. The minimum Gasteiger partial charge on any atom is -0.463 e. The summed E-state index contributed by atoms with van der Waals surface area (Å²) < 4.78 is 17.5. The van der Waals surface area contributed by atoms with Crippen LogP contribution in [0.4, 0.5) is 4.79 Å². The van der Waals surface area contributed by atoms with Gasteiger partial charge in [0.25, 0.3) is 0 Å². The van der Waals surface area contributed by atoms with Crippen molar-refractivity contribution >= 4 is 30.1 Å². The fourth-order valence-corrected chi connectivity index (χ4v) is 5.34. The molecule has 0 spiro atoms. The van der Waals surface area contributed by atoms with Gasteiger partial charge < -0.3 is 34.9 Å². The van der Waals surface area contributed by atoms with Crippen LogP contribution in [0.25, 0.3) is 0 Å². The van der Waals surface area contributed by atoms with Gasteiger partial charge in [-0.15, -0.1) is 0 Å². The zero-order valence-electron chi connectivity index (χ0n) is 24.9. The molecular formula is C29H44N6O7. The number of aromatic amines is 1. The Labute approximate surface area is 246 Å². The average Bonchev–Trinajstić information content (AvgIpc) is 3.67. The van der Waals surface area contributed by atoms with Gasteiger partial charge in [0.2, 0.25) is 0 Å². The lowest BCUT2D eigenvalue weighted by Gasteiger charge is -2.29. The van der Waals surface area contributed by atoms with Crippen molar-refractivity contribution in [2.24, 2.45) is 22.1 Å². The molecule has 2 saturated heterocycles. The van der Waals surface area contributed by atoms with Crippen molar-refractivity contribution in [3.63, 3.8) is 0 Å². The monoisotopic (exact) mass is 588 g/mol. The predicted molar refractivity (Wildman–Crippen MR) is 154 cm³/mol. The maximum absolute atomic E-state index is 13.0. The Balaban J connectivity index is 1.54. The summed E-state index contributed by atoms with van der Waals surface area (Å²) in [5, 5.41) is 21.7. The van der Waals surface area contributed by atoms with Gasteiger partial charge in [-0.3, -0.25) is 20.3 Å². The fourth-order valence-electron chi connectivity index (χ4n) is 5.34. The summed E-state index contributed by atoms with van der Waals surface area (Å²) in [7, 11) is 0. The number of hydrogen-bond acceptors (Lipinski definition) is 9. The van der Waals surface area contributed by atoms with Gasteiger partial charge in [0, 0.05) is 19.5 Å². The number of rotatable bonds is 9. The van der Waals surface area contributed by atoms with Crippen LogP contribution < -0.4 is 11.1 Å². The van der Waals surface area contributed by atoms with Crippen LogP contribution in [0.5, 0.6) is 0 Å². The first-order valence-corrected chi connectivity index (χ1v) is 14.6. The van der Waals surface area contributed by atoms with Crippen molar-refractivity contribution in [1.82, 2.24) is 15.2 Å². The third kappa shape index (κ3) is 7.01. The van der Waals surface area contributed by atoms with Gasteiger partial charge >= 0.3 is 18.0 Å². The lowest BCUT2D eigenvalue weighted by atomic mass is 9.83. The summed E-state index contributed by atoms with van der Waals surface area (Å²) in [6.07, 6.45) is 2.56. The second kappa shape index (κ2) is 12.9. The van der Waals surface area contributed by atoms with Crippen LogP contribution in [-0.2, 0) is 29.4 Å². The molecule has 3 fully saturated rings. The van der Waals surface area contributed by atoms with E-state index >= 15 is 0 Å². The maximum atomic E-state index is 13.0. The number of carbonyl (C=O) groups excluding carboxylic acids is 3. The van der Waals surface area contributed by atoms with E-state index in [2.05, 4.69) is 15.3 Å². The van der Waals surface area contributed by atoms with Gasteiger partial charge in [0.1, 0.15) is 36.8 Å². The average molecular weight is 589 g/mol. The minimum absolute atomic E-state index is 0.129. The van der Waals surface area contributed by atoms with Crippen LogP contribution in [0.2, 0.25) is 0 Å². The number of aliphatic hydroxyl groups excluding tert-OH is 1. The van der Waals surface area contributed by atoms with E-state index in [1.165, 1.54) is 0 Å².